The van der Waals surface area contributed by atoms with E-state index in [9.17, 15) is 4.39 Å². The van der Waals surface area contributed by atoms with Crippen LogP contribution in [-0.2, 0) is 0 Å². The lowest BCUT2D eigenvalue weighted by atomic mass is 9.89. The van der Waals surface area contributed by atoms with Gasteiger partial charge in [0.15, 0.2) is 0 Å². The number of halogens is 1. The van der Waals surface area contributed by atoms with E-state index in [1.54, 1.807) is 0 Å². The van der Waals surface area contributed by atoms with Gasteiger partial charge in [0.1, 0.15) is 5.82 Å². The van der Waals surface area contributed by atoms with Gasteiger partial charge in [-0.05, 0) is 37.0 Å². The average molecular weight is 176 g/mol. The van der Waals surface area contributed by atoms with Gasteiger partial charge in [-0.3, -0.25) is 0 Å². The van der Waals surface area contributed by atoms with Crippen LogP contribution in [0.1, 0.15) is 30.7 Å². The molecule has 0 N–H and O–H groups in total. The first-order chi connectivity index (χ1) is 6.36. The fourth-order valence-electron chi connectivity index (χ4n) is 1.80. The smallest absolute Gasteiger partial charge is 0.123 e. The first-order valence-electron chi connectivity index (χ1n) is 4.78. The van der Waals surface area contributed by atoms with Crippen molar-refractivity contribution in [2.45, 2.75) is 25.2 Å². The Kier molecular flexibility index (Phi) is 2.44. The highest BCUT2D eigenvalue weighted by Crippen LogP contribution is 2.27. The standard InChI is InChI=1S/C12H13F/c13-12-8-6-11(7-9-12)10-4-2-1-3-5-10/h2,4,6-10H,1,3,5H2/t10-/m1/s1. The van der Waals surface area contributed by atoms with E-state index in [1.807, 2.05) is 12.1 Å². The first-order valence-corrected chi connectivity index (χ1v) is 4.78. The van der Waals surface area contributed by atoms with E-state index in [0.717, 1.165) is 0 Å². The maximum Gasteiger partial charge on any atom is 0.123 e. The van der Waals surface area contributed by atoms with Crippen LogP contribution in [0.5, 0.6) is 0 Å². The molecule has 1 aromatic carbocycles. The van der Waals surface area contributed by atoms with Gasteiger partial charge < -0.3 is 0 Å². The molecule has 1 aliphatic rings. The van der Waals surface area contributed by atoms with Crippen molar-refractivity contribution in [2.75, 3.05) is 0 Å². The second kappa shape index (κ2) is 3.73. The minimum Gasteiger partial charge on any atom is -0.207 e. The van der Waals surface area contributed by atoms with Gasteiger partial charge in [-0.15, -0.1) is 0 Å². The molecule has 0 radical (unpaired) electrons. The largest absolute Gasteiger partial charge is 0.207 e. The molecule has 1 atom stereocenters. The van der Waals surface area contributed by atoms with Crippen molar-refractivity contribution >= 4 is 0 Å². The van der Waals surface area contributed by atoms with E-state index >= 15 is 0 Å². The van der Waals surface area contributed by atoms with E-state index in [0.29, 0.717) is 5.92 Å². The summed E-state index contributed by atoms with van der Waals surface area (Å²) >= 11 is 0. The molecule has 0 aromatic heterocycles. The summed E-state index contributed by atoms with van der Waals surface area (Å²) in [5.41, 5.74) is 1.23. The van der Waals surface area contributed by atoms with Gasteiger partial charge in [0.05, 0.1) is 0 Å². The Balaban J connectivity index is 2.19. The van der Waals surface area contributed by atoms with Gasteiger partial charge >= 0.3 is 0 Å². The van der Waals surface area contributed by atoms with Gasteiger partial charge in [-0.2, -0.15) is 0 Å². The second-order valence-corrected chi connectivity index (χ2v) is 3.52. The molecular weight excluding hydrogens is 163 g/mol. The highest BCUT2D eigenvalue weighted by Gasteiger charge is 2.10. The van der Waals surface area contributed by atoms with Crippen molar-refractivity contribution in [2.24, 2.45) is 0 Å². The molecule has 0 bridgehead atoms. The Morgan fingerprint density at radius 2 is 1.92 bits per heavy atom. The molecule has 0 spiro atoms. The maximum atomic E-state index is 12.6. The van der Waals surface area contributed by atoms with Gasteiger partial charge in [-0.25, -0.2) is 4.39 Å². The number of benzene rings is 1. The number of allylic oxidation sites excluding steroid dienone is 2. The zero-order chi connectivity index (χ0) is 9.10. The van der Waals surface area contributed by atoms with E-state index in [-0.39, 0.29) is 5.82 Å². The van der Waals surface area contributed by atoms with Crippen LogP contribution in [0.4, 0.5) is 4.39 Å². The Bertz CT molecular complexity index is 297. The molecule has 0 fully saturated rings. The van der Waals surface area contributed by atoms with Crippen molar-refractivity contribution in [1.82, 2.24) is 0 Å². The zero-order valence-corrected chi connectivity index (χ0v) is 7.54. The summed E-state index contributed by atoms with van der Waals surface area (Å²) in [7, 11) is 0. The van der Waals surface area contributed by atoms with Crippen LogP contribution in [0.2, 0.25) is 0 Å². The molecule has 1 aliphatic carbocycles. The molecule has 68 valence electrons. The number of hydrogen-bond donors (Lipinski definition) is 0. The summed E-state index contributed by atoms with van der Waals surface area (Å²) in [4.78, 5) is 0. The van der Waals surface area contributed by atoms with Crippen molar-refractivity contribution in [3.8, 4) is 0 Å². The quantitative estimate of drug-likeness (QED) is 0.573. The van der Waals surface area contributed by atoms with Crippen LogP contribution < -0.4 is 0 Å². The minimum absolute atomic E-state index is 0.150. The molecule has 0 saturated heterocycles. The highest BCUT2D eigenvalue weighted by molar-refractivity contribution is 5.25. The third-order valence-corrected chi connectivity index (χ3v) is 2.55. The molecule has 2 rings (SSSR count). The van der Waals surface area contributed by atoms with Crippen molar-refractivity contribution < 1.29 is 4.39 Å². The third-order valence-electron chi connectivity index (χ3n) is 2.55. The molecule has 0 saturated carbocycles. The van der Waals surface area contributed by atoms with Crippen LogP contribution in [0.25, 0.3) is 0 Å². The van der Waals surface area contributed by atoms with E-state index < -0.39 is 0 Å². The maximum absolute atomic E-state index is 12.6. The van der Waals surface area contributed by atoms with Crippen molar-refractivity contribution in [3.05, 3.63) is 47.8 Å². The molecular formula is C12H13F. The molecule has 0 heterocycles. The lowest BCUT2D eigenvalue weighted by Crippen LogP contribution is -1.98. The van der Waals surface area contributed by atoms with Crippen LogP contribution in [-0.4, -0.2) is 0 Å². The molecule has 1 aromatic rings. The Hall–Kier alpha value is -1.11. The topological polar surface area (TPSA) is 0 Å². The van der Waals surface area contributed by atoms with E-state index in [1.165, 1.54) is 37.0 Å². The molecule has 0 aliphatic heterocycles. The van der Waals surface area contributed by atoms with Gasteiger partial charge in [0.25, 0.3) is 0 Å². The summed E-state index contributed by atoms with van der Waals surface area (Å²) in [6.07, 6.45) is 8.09. The average Bonchev–Trinajstić information content (AvgIpc) is 2.20. The summed E-state index contributed by atoms with van der Waals surface area (Å²) in [6.45, 7) is 0. The lowest BCUT2D eigenvalue weighted by molar-refractivity contribution is 0.621. The van der Waals surface area contributed by atoms with Crippen LogP contribution in [0.15, 0.2) is 36.4 Å². The highest BCUT2D eigenvalue weighted by atomic mass is 19.1. The van der Waals surface area contributed by atoms with Gasteiger partial charge in [0.2, 0.25) is 0 Å². The van der Waals surface area contributed by atoms with Crippen LogP contribution in [0.3, 0.4) is 0 Å². The van der Waals surface area contributed by atoms with Crippen LogP contribution >= 0.6 is 0 Å². The summed E-state index contributed by atoms with van der Waals surface area (Å²) in [6, 6.07) is 6.85. The molecule has 0 amide bonds. The van der Waals surface area contributed by atoms with Crippen LogP contribution in [0, 0.1) is 5.82 Å². The lowest BCUT2D eigenvalue weighted by Gasteiger charge is -2.16. The molecule has 13 heavy (non-hydrogen) atoms. The third kappa shape index (κ3) is 1.97. The Morgan fingerprint density at radius 1 is 1.15 bits per heavy atom. The zero-order valence-electron chi connectivity index (χ0n) is 7.54. The monoisotopic (exact) mass is 176 g/mol. The summed E-state index contributed by atoms with van der Waals surface area (Å²) in [5, 5.41) is 0. The van der Waals surface area contributed by atoms with Gasteiger partial charge in [0, 0.05) is 5.92 Å². The molecule has 0 nitrogen and oxygen atoms in total. The minimum atomic E-state index is -0.150. The first kappa shape index (κ1) is 8.49. The van der Waals surface area contributed by atoms with Gasteiger partial charge in [-0.1, -0.05) is 24.3 Å². The Labute approximate surface area is 78.1 Å². The fourth-order valence-corrected chi connectivity index (χ4v) is 1.80. The predicted octanol–water partition coefficient (Wildman–Crippen LogP) is 3.65. The molecule has 1 heteroatoms. The van der Waals surface area contributed by atoms with E-state index in [2.05, 4.69) is 12.2 Å². The van der Waals surface area contributed by atoms with Crippen molar-refractivity contribution in [3.63, 3.8) is 0 Å². The predicted molar refractivity (Wildman–Crippen MR) is 52.1 cm³/mol. The fraction of sp³-hybridized carbons (Fsp3) is 0.333. The second-order valence-electron chi connectivity index (χ2n) is 3.52. The summed E-state index contributed by atoms with van der Waals surface area (Å²) in [5.74, 6) is 0.359. The molecule has 0 unspecified atom stereocenters. The van der Waals surface area contributed by atoms with Crippen molar-refractivity contribution in [1.29, 1.82) is 0 Å². The SMILES string of the molecule is Fc1ccc([C@@H]2C=CCCC2)cc1. The Morgan fingerprint density at radius 3 is 2.54 bits per heavy atom. The summed E-state index contributed by atoms with van der Waals surface area (Å²) < 4.78 is 12.6. The number of rotatable bonds is 1. The van der Waals surface area contributed by atoms with E-state index in [4.69, 9.17) is 0 Å². The normalized spacial score (nSPS) is 21.8. The number of hydrogen-bond acceptors (Lipinski definition) is 0.